The van der Waals surface area contributed by atoms with Crippen LogP contribution in [0.15, 0.2) is 24.3 Å². The summed E-state index contributed by atoms with van der Waals surface area (Å²) in [4.78, 5) is 26.4. The summed E-state index contributed by atoms with van der Waals surface area (Å²) in [5.74, 6) is -2.05. The number of aromatic hydroxyl groups is 1. The molecule has 0 saturated heterocycles. The molecule has 1 atom stereocenters. The maximum Gasteiger partial charge on any atom is 0.323 e. The monoisotopic (exact) mass is 365 g/mol. The van der Waals surface area contributed by atoms with Crippen LogP contribution in [-0.2, 0) is 16.6 Å². The van der Waals surface area contributed by atoms with Crippen LogP contribution in [0.25, 0.3) is 11.3 Å². The Bertz CT molecular complexity index is 840. The molecule has 4 N–H and O–H groups in total. The number of nitrogens with zero attached hydrogens (tertiary/aromatic N) is 2. The van der Waals surface area contributed by atoms with Gasteiger partial charge in [0, 0.05) is 24.3 Å². The van der Waals surface area contributed by atoms with E-state index in [1.54, 1.807) is 38.2 Å². The summed E-state index contributed by atoms with van der Waals surface area (Å²) in [5, 5.41) is 28.1. The lowest BCUT2D eigenvalue weighted by Gasteiger charge is -2.29. The number of anilines is 1. The molecule has 9 heteroatoms. The van der Waals surface area contributed by atoms with Gasteiger partial charge in [-0.15, -0.1) is 0 Å². The Morgan fingerprint density at radius 1 is 1.24 bits per heavy atom. The molecule has 0 spiro atoms. The Morgan fingerprint density at radius 2 is 1.84 bits per heavy atom. The van der Waals surface area contributed by atoms with Gasteiger partial charge in [-0.3, -0.25) is 14.2 Å². The van der Waals surface area contributed by atoms with Crippen molar-refractivity contribution in [2.45, 2.75) is 19.4 Å². The average Bonchev–Trinajstić information content (AvgIpc) is 2.79. The van der Waals surface area contributed by atoms with Crippen molar-refractivity contribution >= 4 is 29.8 Å². The molecular formula is C16H19N3O5S. The highest BCUT2D eigenvalue weighted by Crippen LogP contribution is 2.29. The van der Waals surface area contributed by atoms with E-state index in [0.717, 1.165) is 0 Å². The third-order valence-corrected chi connectivity index (χ3v) is 4.25. The number of rotatable bonds is 7. The van der Waals surface area contributed by atoms with E-state index in [4.69, 9.17) is 22.4 Å². The van der Waals surface area contributed by atoms with E-state index in [1.165, 1.54) is 9.47 Å². The van der Waals surface area contributed by atoms with Crippen molar-refractivity contribution in [2.75, 3.05) is 11.4 Å². The number of carboxylic acids is 2. The third kappa shape index (κ3) is 4.18. The maximum atomic E-state index is 11.1. The fourth-order valence-corrected chi connectivity index (χ4v) is 2.73. The normalized spacial score (nSPS) is 11.9. The first-order chi connectivity index (χ1) is 11.7. The highest BCUT2D eigenvalue weighted by molar-refractivity contribution is 7.71. The number of hydrogen-bond acceptors (Lipinski definition) is 5. The van der Waals surface area contributed by atoms with Crippen LogP contribution in [0.2, 0.25) is 0 Å². The number of aliphatic carboxylic acids is 2. The first kappa shape index (κ1) is 18.5. The van der Waals surface area contributed by atoms with Gasteiger partial charge in [0.05, 0.1) is 6.42 Å². The summed E-state index contributed by atoms with van der Waals surface area (Å²) >= 11 is 5.07. The number of benzene rings is 1. The first-order valence-corrected chi connectivity index (χ1v) is 7.90. The molecule has 8 nitrogen and oxygen atoms in total. The maximum absolute atomic E-state index is 11.1. The van der Waals surface area contributed by atoms with Crippen molar-refractivity contribution in [3.05, 3.63) is 29.0 Å². The molecule has 0 saturated carbocycles. The SMILES string of the molecule is CC(CC(=O)O)N(CC(=O)O)c1ccc(-c2[nH]c(=S)n(C)c2O)cc1. The van der Waals surface area contributed by atoms with Crippen molar-refractivity contribution in [1.82, 2.24) is 9.55 Å². The third-order valence-electron chi connectivity index (χ3n) is 3.87. The minimum absolute atomic E-state index is 0.000567. The molecule has 1 heterocycles. The Morgan fingerprint density at radius 3 is 2.28 bits per heavy atom. The van der Waals surface area contributed by atoms with E-state index < -0.39 is 18.0 Å². The number of H-pyrrole nitrogens is 1. The van der Waals surface area contributed by atoms with Crippen LogP contribution in [0.1, 0.15) is 13.3 Å². The molecule has 2 aromatic rings. The first-order valence-electron chi connectivity index (χ1n) is 7.49. The summed E-state index contributed by atoms with van der Waals surface area (Å²) < 4.78 is 1.81. The Labute approximate surface area is 149 Å². The van der Waals surface area contributed by atoms with E-state index in [0.29, 0.717) is 21.7 Å². The Hall–Kier alpha value is -2.81. The molecule has 1 aromatic carbocycles. The highest BCUT2D eigenvalue weighted by atomic mass is 32.1. The topological polar surface area (TPSA) is 119 Å². The lowest BCUT2D eigenvalue weighted by atomic mass is 10.1. The number of imidazole rings is 1. The molecule has 25 heavy (non-hydrogen) atoms. The predicted molar refractivity (Wildman–Crippen MR) is 94.4 cm³/mol. The van der Waals surface area contributed by atoms with Crippen molar-refractivity contribution in [1.29, 1.82) is 0 Å². The zero-order valence-electron chi connectivity index (χ0n) is 13.8. The van der Waals surface area contributed by atoms with Gasteiger partial charge in [-0.2, -0.15) is 0 Å². The lowest BCUT2D eigenvalue weighted by Crippen LogP contribution is -2.38. The van der Waals surface area contributed by atoms with Crippen LogP contribution in [0, 0.1) is 4.77 Å². The number of aromatic amines is 1. The summed E-state index contributed by atoms with van der Waals surface area (Å²) in [6, 6.07) is 6.28. The zero-order chi connectivity index (χ0) is 18.7. The smallest absolute Gasteiger partial charge is 0.323 e. The van der Waals surface area contributed by atoms with Crippen LogP contribution in [0.5, 0.6) is 5.88 Å². The van der Waals surface area contributed by atoms with Crippen LogP contribution in [0.3, 0.4) is 0 Å². The van der Waals surface area contributed by atoms with Gasteiger partial charge in [-0.05, 0) is 31.3 Å². The second-order valence-electron chi connectivity index (χ2n) is 5.70. The molecule has 0 bridgehead atoms. The van der Waals surface area contributed by atoms with Crippen LogP contribution in [0.4, 0.5) is 5.69 Å². The van der Waals surface area contributed by atoms with Crippen molar-refractivity contribution in [3.63, 3.8) is 0 Å². The molecule has 0 aliphatic rings. The van der Waals surface area contributed by atoms with Crippen molar-refractivity contribution in [3.8, 4) is 17.1 Å². The van der Waals surface area contributed by atoms with Crippen LogP contribution >= 0.6 is 12.2 Å². The zero-order valence-corrected chi connectivity index (χ0v) is 14.6. The molecule has 0 radical (unpaired) electrons. The summed E-state index contributed by atoms with van der Waals surface area (Å²) in [6.45, 7) is 1.35. The fourth-order valence-electron chi connectivity index (χ4n) is 2.54. The minimum Gasteiger partial charge on any atom is -0.493 e. The molecule has 0 aliphatic carbocycles. The molecule has 1 aromatic heterocycles. The molecule has 0 amide bonds. The van der Waals surface area contributed by atoms with E-state index in [2.05, 4.69) is 4.98 Å². The van der Waals surface area contributed by atoms with E-state index in [1.807, 2.05) is 0 Å². The second-order valence-corrected chi connectivity index (χ2v) is 6.09. The van der Waals surface area contributed by atoms with E-state index in [9.17, 15) is 14.7 Å². The van der Waals surface area contributed by atoms with Gasteiger partial charge < -0.3 is 25.2 Å². The number of aromatic nitrogens is 2. The predicted octanol–water partition coefficient (Wildman–Crippen LogP) is 2.21. The Kier molecular flexibility index (Phi) is 5.48. The summed E-state index contributed by atoms with van der Waals surface area (Å²) in [5.41, 5.74) is 1.71. The highest BCUT2D eigenvalue weighted by Gasteiger charge is 2.20. The Balaban J connectivity index is 2.34. The van der Waals surface area contributed by atoms with Gasteiger partial charge in [0.2, 0.25) is 5.88 Å². The summed E-state index contributed by atoms with van der Waals surface area (Å²) in [6.07, 6.45) is -0.179. The number of nitrogens with one attached hydrogen (secondary N) is 1. The van der Waals surface area contributed by atoms with Gasteiger partial charge in [-0.1, -0.05) is 12.1 Å². The molecular weight excluding hydrogens is 346 g/mol. The number of carboxylic acid groups (broad SMARTS) is 2. The quantitative estimate of drug-likeness (QED) is 0.555. The van der Waals surface area contributed by atoms with Gasteiger partial charge in [0.25, 0.3) is 0 Å². The molecule has 0 fully saturated rings. The van der Waals surface area contributed by atoms with E-state index in [-0.39, 0.29) is 18.8 Å². The van der Waals surface area contributed by atoms with Crippen molar-refractivity contribution in [2.24, 2.45) is 7.05 Å². The van der Waals surface area contributed by atoms with Gasteiger partial charge >= 0.3 is 11.9 Å². The molecule has 2 rings (SSSR count). The minimum atomic E-state index is -1.05. The number of carbonyl (C=O) groups is 2. The molecule has 134 valence electrons. The molecule has 0 aliphatic heterocycles. The van der Waals surface area contributed by atoms with Gasteiger partial charge in [-0.25, -0.2) is 0 Å². The largest absolute Gasteiger partial charge is 0.493 e. The van der Waals surface area contributed by atoms with Gasteiger partial charge in [0.1, 0.15) is 12.2 Å². The molecule has 1 unspecified atom stereocenters. The lowest BCUT2D eigenvalue weighted by molar-refractivity contribution is -0.138. The summed E-state index contributed by atoms with van der Waals surface area (Å²) in [7, 11) is 1.63. The van der Waals surface area contributed by atoms with Gasteiger partial charge in [0.15, 0.2) is 4.77 Å². The standard InChI is InChI=1S/C16H19N3O5S/c1-9(7-12(20)21)19(8-13(22)23)11-5-3-10(4-6-11)14-15(24)18(2)16(25)17-14/h3-6,9,24H,7-8H2,1-2H3,(H,17,25)(H,20,21)(H,22,23). The second kappa shape index (κ2) is 7.39. The van der Waals surface area contributed by atoms with Crippen molar-refractivity contribution < 1.29 is 24.9 Å². The number of hydrogen-bond donors (Lipinski definition) is 4. The fraction of sp³-hybridized carbons (Fsp3) is 0.312. The van der Waals surface area contributed by atoms with Crippen LogP contribution < -0.4 is 4.90 Å². The average molecular weight is 365 g/mol. The van der Waals surface area contributed by atoms with Crippen LogP contribution in [-0.4, -0.2) is 49.4 Å². The van der Waals surface area contributed by atoms with E-state index >= 15 is 0 Å².